The summed E-state index contributed by atoms with van der Waals surface area (Å²) in [5.41, 5.74) is 5.40. The van der Waals surface area contributed by atoms with E-state index in [2.05, 4.69) is 6.58 Å². The van der Waals surface area contributed by atoms with Crippen molar-refractivity contribution >= 4 is 17.6 Å². The zero-order valence-electron chi connectivity index (χ0n) is 19.1. The number of rotatable bonds is 10. The molecule has 0 spiro atoms. The Hall–Kier alpha value is -3.98. The predicted octanol–water partition coefficient (Wildman–Crippen LogP) is 6.89. The van der Waals surface area contributed by atoms with E-state index in [1.165, 1.54) is 0 Å². The molecule has 0 saturated heterocycles. The summed E-state index contributed by atoms with van der Waals surface area (Å²) in [7, 11) is 1.58. The molecule has 0 saturated carbocycles. The molecule has 0 unspecified atom stereocenters. The van der Waals surface area contributed by atoms with E-state index < -0.39 is 0 Å². The highest BCUT2D eigenvalue weighted by atomic mass is 16.5. The number of hydrogen-bond donors (Lipinski definition) is 0. The fraction of sp³-hybridized carbons (Fsp3) is 0.133. The Kier molecular flexibility index (Phi) is 8.31. The summed E-state index contributed by atoms with van der Waals surface area (Å²) < 4.78 is 5.53. The van der Waals surface area contributed by atoms with Gasteiger partial charge in [0.1, 0.15) is 12.0 Å². The van der Waals surface area contributed by atoms with Gasteiger partial charge in [0, 0.05) is 23.1 Å². The monoisotopic (exact) mass is 436 g/mol. The molecule has 0 aliphatic heterocycles. The van der Waals surface area contributed by atoms with Crippen LogP contribution in [-0.2, 0) is 11.2 Å². The molecule has 0 atom stereocenters. The van der Waals surface area contributed by atoms with E-state index in [0.29, 0.717) is 22.4 Å². The van der Waals surface area contributed by atoms with Crippen LogP contribution in [0.25, 0.3) is 16.7 Å². The number of aldehydes is 1. The molecule has 0 N–H and O–H groups in total. The summed E-state index contributed by atoms with van der Waals surface area (Å²) in [5.74, 6) is 0.543. The van der Waals surface area contributed by atoms with Gasteiger partial charge in [0.15, 0.2) is 5.78 Å². The van der Waals surface area contributed by atoms with Gasteiger partial charge in [-0.05, 0) is 46.9 Å². The van der Waals surface area contributed by atoms with Crippen molar-refractivity contribution in [2.24, 2.45) is 0 Å². The zero-order valence-corrected chi connectivity index (χ0v) is 19.1. The van der Waals surface area contributed by atoms with Crippen molar-refractivity contribution < 1.29 is 14.3 Å². The number of Topliss-reactive ketones (excluding diaryl/α,β-unsaturated/α-hetero) is 1. The SMILES string of the molecule is C=C/C(=C\C(=C/CC)C(=O)Cc1cc(-c2ccccc2)c(OC)cc1C=O)c1ccccc1. The van der Waals surface area contributed by atoms with Crippen LogP contribution in [0.15, 0.2) is 103 Å². The van der Waals surface area contributed by atoms with Crippen molar-refractivity contribution in [1.82, 2.24) is 0 Å². The molecule has 0 aromatic heterocycles. The van der Waals surface area contributed by atoms with Crippen molar-refractivity contribution in [3.05, 3.63) is 120 Å². The molecule has 33 heavy (non-hydrogen) atoms. The van der Waals surface area contributed by atoms with Gasteiger partial charge in [-0.25, -0.2) is 0 Å². The highest BCUT2D eigenvalue weighted by molar-refractivity contribution is 6.02. The molecule has 0 aliphatic rings. The lowest BCUT2D eigenvalue weighted by molar-refractivity contribution is -0.114. The Morgan fingerprint density at radius 1 is 1.00 bits per heavy atom. The maximum absolute atomic E-state index is 13.4. The third kappa shape index (κ3) is 5.83. The molecule has 0 heterocycles. The summed E-state index contributed by atoms with van der Waals surface area (Å²) in [5, 5.41) is 0. The molecular formula is C30H28O3. The number of allylic oxidation sites excluding steroid dienone is 5. The van der Waals surface area contributed by atoms with Crippen molar-refractivity contribution in [1.29, 1.82) is 0 Å². The van der Waals surface area contributed by atoms with Gasteiger partial charge in [-0.3, -0.25) is 9.59 Å². The average molecular weight is 437 g/mol. The molecule has 3 aromatic rings. The second-order valence-corrected chi connectivity index (χ2v) is 7.57. The van der Waals surface area contributed by atoms with Gasteiger partial charge < -0.3 is 4.74 Å². The first kappa shape index (κ1) is 23.7. The number of methoxy groups -OCH3 is 1. The van der Waals surface area contributed by atoms with Crippen LogP contribution in [0.3, 0.4) is 0 Å². The van der Waals surface area contributed by atoms with E-state index in [9.17, 15) is 9.59 Å². The Morgan fingerprint density at radius 2 is 1.67 bits per heavy atom. The standard InChI is InChI=1S/C30H28O3/c1-4-12-25(17-22(5-2)23-13-8-6-9-14-23)29(32)19-26-18-28(24-15-10-7-11-16-24)30(33-3)20-27(26)21-31/h5-18,20-21H,2,4,19H2,1,3H3/b22-17+,25-12+. The van der Waals surface area contributed by atoms with Crippen molar-refractivity contribution in [2.45, 2.75) is 19.8 Å². The van der Waals surface area contributed by atoms with Gasteiger partial charge in [0.25, 0.3) is 0 Å². The minimum absolute atomic E-state index is 0.0561. The molecule has 0 radical (unpaired) electrons. The van der Waals surface area contributed by atoms with Crippen LogP contribution in [0.4, 0.5) is 0 Å². The Morgan fingerprint density at radius 3 is 2.24 bits per heavy atom. The largest absolute Gasteiger partial charge is 0.496 e. The van der Waals surface area contributed by atoms with E-state index >= 15 is 0 Å². The number of carbonyl (C=O) groups excluding carboxylic acids is 2. The number of ether oxygens (including phenoxy) is 1. The van der Waals surface area contributed by atoms with Gasteiger partial charge in [0.2, 0.25) is 0 Å². The first-order valence-corrected chi connectivity index (χ1v) is 11.0. The summed E-state index contributed by atoms with van der Waals surface area (Å²) in [6, 6.07) is 23.2. The number of ketones is 1. The van der Waals surface area contributed by atoms with Gasteiger partial charge >= 0.3 is 0 Å². The summed E-state index contributed by atoms with van der Waals surface area (Å²) in [6.07, 6.45) is 7.14. The molecule has 3 aromatic carbocycles. The van der Waals surface area contributed by atoms with Gasteiger partial charge in [0.05, 0.1) is 7.11 Å². The second kappa shape index (κ2) is 11.6. The van der Waals surface area contributed by atoms with E-state index in [1.807, 2.05) is 85.8 Å². The highest BCUT2D eigenvalue weighted by Crippen LogP contribution is 2.33. The van der Waals surface area contributed by atoms with Crippen LogP contribution in [0.2, 0.25) is 0 Å². The maximum Gasteiger partial charge on any atom is 0.166 e. The molecule has 0 fully saturated rings. The Labute approximate surface area is 195 Å². The minimum Gasteiger partial charge on any atom is -0.496 e. The van der Waals surface area contributed by atoms with Gasteiger partial charge in [-0.2, -0.15) is 0 Å². The molecule has 3 rings (SSSR count). The normalized spacial score (nSPS) is 11.7. The topological polar surface area (TPSA) is 43.4 Å². The first-order valence-electron chi connectivity index (χ1n) is 11.0. The van der Waals surface area contributed by atoms with Gasteiger partial charge in [-0.1, -0.05) is 86.3 Å². The zero-order chi connectivity index (χ0) is 23.6. The third-order valence-electron chi connectivity index (χ3n) is 5.41. The number of hydrogen-bond acceptors (Lipinski definition) is 3. The quantitative estimate of drug-likeness (QED) is 0.197. The van der Waals surface area contributed by atoms with E-state index in [-0.39, 0.29) is 12.2 Å². The van der Waals surface area contributed by atoms with E-state index in [4.69, 9.17) is 4.74 Å². The molecule has 0 bridgehead atoms. The fourth-order valence-electron chi connectivity index (χ4n) is 3.72. The Bertz CT molecular complexity index is 1190. The molecule has 0 aliphatic carbocycles. The number of carbonyl (C=O) groups is 2. The summed E-state index contributed by atoms with van der Waals surface area (Å²) in [4.78, 5) is 25.2. The third-order valence-corrected chi connectivity index (χ3v) is 5.41. The maximum atomic E-state index is 13.4. The fourth-order valence-corrected chi connectivity index (χ4v) is 3.72. The lowest BCUT2D eigenvalue weighted by Crippen LogP contribution is -2.08. The minimum atomic E-state index is -0.0561. The Balaban J connectivity index is 2.00. The van der Waals surface area contributed by atoms with Crippen LogP contribution in [0.1, 0.15) is 34.8 Å². The smallest absolute Gasteiger partial charge is 0.166 e. The summed E-state index contributed by atoms with van der Waals surface area (Å²) >= 11 is 0. The van der Waals surface area contributed by atoms with Crippen LogP contribution >= 0.6 is 0 Å². The highest BCUT2D eigenvalue weighted by Gasteiger charge is 2.16. The number of benzene rings is 3. The predicted molar refractivity (Wildman–Crippen MR) is 136 cm³/mol. The molecular weight excluding hydrogens is 408 g/mol. The van der Waals surface area contributed by atoms with Crippen molar-refractivity contribution in [2.75, 3.05) is 7.11 Å². The first-order chi connectivity index (χ1) is 16.1. The molecule has 166 valence electrons. The van der Waals surface area contributed by atoms with Crippen LogP contribution in [0, 0.1) is 0 Å². The lowest BCUT2D eigenvalue weighted by atomic mass is 9.92. The van der Waals surface area contributed by atoms with Crippen molar-refractivity contribution in [3.8, 4) is 16.9 Å². The second-order valence-electron chi connectivity index (χ2n) is 7.57. The molecule has 0 amide bonds. The van der Waals surface area contributed by atoms with E-state index in [0.717, 1.165) is 35.0 Å². The summed E-state index contributed by atoms with van der Waals surface area (Å²) in [6.45, 7) is 5.91. The van der Waals surface area contributed by atoms with E-state index in [1.54, 1.807) is 19.3 Å². The van der Waals surface area contributed by atoms with Crippen molar-refractivity contribution in [3.63, 3.8) is 0 Å². The molecule has 3 nitrogen and oxygen atoms in total. The van der Waals surface area contributed by atoms with Crippen LogP contribution in [0.5, 0.6) is 5.75 Å². The van der Waals surface area contributed by atoms with Crippen LogP contribution in [-0.4, -0.2) is 19.2 Å². The molecule has 3 heteroatoms. The van der Waals surface area contributed by atoms with Gasteiger partial charge in [-0.15, -0.1) is 0 Å². The van der Waals surface area contributed by atoms with Crippen LogP contribution < -0.4 is 4.74 Å². The average Bonchev–Trinajstić information content (AvgIpc) is 2.87. The lowest BCUT2D eigenvalue weighted by Gasteiger charge is -2.14.